The van der Waals surface area contributed by atoms with Gasteiger partial charge in [-0.3, -0.25) is 20.2 Å². The number of nitrogens with zero attached hydrogens (tertiary/aromatic N) is 4. The topological polar surface area (TPSA) is 144 Å². The molecule has 4 aromatic carbocycles. The summed E-state index contributed by atoms with van der Waals surface area (Å²) in [4.78, 5) is 42.5. The molecule has 0 amide bonds. The van der Waals surface area contributed by atoms with Gasteiger partial charge in [0.2, 0.25) is 0 Å². The van der Waals surface area contributed by atoms with Gasteiger partial charge in [-0.05, 0) is 136 Å². The molecule has 0 aliphatic carbocycles. The number of hydrogen-bond acceptors (Lipinski definition) is 6. The fourth-order valence-corrected chi connectivity index (χ4v) is 9.14. The van der Waals surface area contributed by atoms with Gasteiger partial charge in [-0.15, -0.1) is 0 Å². The maximum atomic E-state index is 12.6. The Morgan fingerprint density at radius 3 is 1.05 bits per heavy atom. The van der Waals surface area contributed by atoms with Crippen LogP contribution in [0.2, 0.25) is 0 Å². The van der Waals surface area contributed by atoms with Crippen molar-refractivity contribution in [2.24, 2.45) is 0 Å². The molecule has 7 aromatic rings. The van der Waals surface area contributed by atoms with Crippen molar-refractivity contribution in [3.8, 4) is 44.5 Å². The van der Waals surface area contributed by atoms with Gasteiger partial charge in [-0.2, -0.15) is 0 Å². The summed E-state index contributed by atoms with van der Waals surface area (Å²) in [5.41, 5.74) is 17.2. The molecule has 5 heterocycles. The number of fused-ring (bicyclic) bond motifs is 8. The van der Waals surface area contributed by atoms with Crippen molar-refractivity contribution in [1.29, 1.82) is 0 Å². The van der Waals surface area contributed by atoms with Crippen molar-refractivity contribution < 1.29 is 9.85 Å². The van der Waals surface area contributed by atoms with Crippen molar-refractivity contribution in [3.63, 3.8) is 0 Å². The van der Waals surface area contributed by atoms with E-state index in [1.165, 1.54) is 12.1 Å². The van der Waals surface area contributed by atoms with Crippen LogP contribution in [-0.4, -0.2) is 29.8 Å². The van der Waals surface area contributed by atoms with Gasteiger partial charge in [-0.1, -0.05) is 59.7 Å². The Morgan fingerprint density at radius 1 is 0.417 bits per heavy atom. The Morgan fingerprint density at radius 2 is 0.717 bits per heavy atom. The Balaban J connectivity index is 1.54. The van der Waals surface area contributed by atoms with Gasteiger partial charge in [-0.25, -0.2) is 9.97 Å². The predicted molar refractivity (Wildman–Crippen MR) is 242 cm³/mol. The van der Waals surface area contributed by atoms with Crippen LogP contribution in [-0.2, 0) is 0 Å². The van der Waals surface area contributed by atoms with Gasteiger partial charge >= 0.3 is 0 Å². The first-order valence-electron chi connectivity index (χ1n) is 19.7. The largest absolute Gasteiger partial charge is 0.354 e. The summed E-state index contributed by atoms with van der Waals surface area (Å²) >= 11 is 0. The van der Waals surface area contributed by atoms with Crippen molar-refractivity contribution in [2.75, 3.05) is 0 Å². The first-order valence-corrected chi connectivity index (χ1v) is 19.7. The number of hydrogen-bond donors (Lipinski definition) is 2. The maximum Gasteiger partial charge on any atom is 0.277 e. The second kappa shape index (κ2) is 14.6. The van der Waals surface area contributed by atoms with E-state index in [4.69, 9.17) is 9.97 Å². The van der Waals surface area contributed by atoms with E-state index in [1.54, 1.807) is 36.4 Å². The number of aromatic amines is 2. The molecule has 10 nitrogen and oxygen atoms in total. The van der Waals surface area contributed by atoms with E-state index < -0.39 is 0 Å². The lowest BCUT2D eigenvalue weighted by Gasteiger charge is -2.13. The van der Waals surface area contributed by atoms with E-state index in [0.29, 0.717) is 56.1 Å². The van der Waals surface area contributed by atoms with Gasteiger partial charge in [0.25, 0.3) is 11.4 Å². The van der Waals surface area contributed by atoms with E-state index >= 15 is 0 Å². The number of aromatic nitrogens is 4. The van der Waals surface area contributed by atoms with Gasteiger partial charge in [0.1, 0.15) is 0 Å². The summed E-state index contributed by atoms with van der Waals surface area (Å²) in [7, 11) is 0. The standard InChI is InChI=1S/C50H40N6O4/c1-27-23-29(3)45(30(4)24-27)49-39-19-15-35(51-39)47(33-11-7-9-13-43(33)55(57)58)37-17-21-41(53-37)50(46-31(5)25-28(2)26-32(46)6)42-22-18-38(54-42)48(36-16-20-40(49)52-36)34-12-8-10-14-44(34)56(59)60/h7-26,51,54H,1-6H3. The van der Waals surface area contributed by atoms with E-state index in [2.05, 4.69) is 75.8 Å². The summed E-state index contributed by atoms with van der Waals surface area (Å²) in [6.45, 7) is 12.4. The molecule has 2 aliphatic rings. The number of benzene rings is 4. The minimum absolute atomic E-state index is 0.0409. The third kappa shape index (κ3) is 6.39. The molecule has 9 rings (SSSR count). The van der Waals surface area contributed by atoms with Crippen LogP contribution in [0.15, 0.2) is 97.1 Å². The highest BCUT2D eigenvalue weighted by Crippen LogP contribution is 2.43. The highest BCUT2D eigenvalue weighted by Gasteiger charge is 2.25. The minimum atomic E-state index is -0.358. The van der Waals surface area contributed by atoms with Crippen LogP contribution >= 0.6 is 0 Å². The summed E-state index contributed by atoms with van der Waals surface area (Å²) in [6.07, 6.45) is 7.73. The smallest absolute Gasteiger partial charge is 0.277 e. The molecule has 2 aliphatic heterocycles. The fraction of sp³-hybridized carbons (Fsp3) is 0.120. The highest BCUT2D eigenvalue weighted by molar-refractivity contribution is 6.02. The van der Waals surface area contributed by atoms with Crippen LogP contribution in [0.25, 0.3) is 90.9 Å². The average molecular weight is 789 g/mol. The van der Waals surface area contributed by atoms with Crippen LogP contribution in [0.4, 0.5) is 11.4 Å². The van der Waals surface area contributed by atoms with Gasteiger partial charge in [0.05, 0.1) is 43.7 Å². The molecular formula is C50H40N6O4. The first-order chi connectivity index (χ1) is 28.9. The molecule has 3 aromatic heterocycles. The maximum absolute atomic E-state index is 12.6. The van der Waals surface area contributed by atoms with Crippen LogP contribution in [0.3, 0.4) is 0 Å². The monoisotopic (exact) mass is 788 g/mol. The normalized spacial score (nSPS) is 12.0. The SMILES string of the molecule is Cc1cc(C)c(-c2c3nc(c(-c4ccccc4[N+](=O)[O-])c4ccc([nH]4)c(-c4c(C)cc(C)cc4C)c4nc(c(-c5ccccc5[N+](=O)[O-])c5ccc2[nH]5)C=C4)C=C3)c(C)c1. The van der Waals surface area contributed by atoms with E-state index in [1.807, 2.05) is 48.6 Å². The molecule has 0 atom stereocenters. The molecule has 2 N–H and O–H groups in total. The van der Waals surface area contributed by atoms with Crippen LogP contribution in [0, 0.1) is 61.8 Å². The molecule has 0 radical (unpaired) electrons. The molecule has 10 heteroatoms. The van der Waals surface area contributed by atoms with Gasteiger partial charge in [0.15, 0.2) is 0 Å². The minimum Gasteiger partial charge on any atom is -0.354 e. The van der Waals surface area contributed by atoms with Crippen molar-refractivity contribution in [3.05, 3.63) is 173 Å². The molecule has 0 saturated carbocycles. The molecule has 0 fully saturated rings. The highest BCUT2D eigenvalue weighted by atomic mass is 16.6. The lowest BCUT2D eigenvalue weighted by molar-refractivity contribution is -0.384. The second-order valence-electron chi connectivity index (χ2n) is 15.6. The predicted octanol–water partition coefficient (Wildman–Crippen LogP) is 13.0. The zero-order valence-electron chi connectivity index (χ0n) is 34.0. The molecule has 8 bridgehead atoms. The first kappa shape index (κ1) is 37.8. The summed E-state index contributed by atoms with van der Waals surface area (Å²) in [6, 6.07) is 29.9. The lowest BCUT2D eigenvalue weighted by Crippen LogP contribution is -1.96. The number of rotatable bonds is 6. The van der Waals surface area contributed by atoms with E-state index in [0.717, 1.165) is 66.7 Å². The number of para-hydroxylation sites is 2. The Hall–Kier alpha value is -7.72. The molecule has 294 valence electrons. The third-order valence-electron chi connectivity index (χ3n) is 11.3. The molecular weight excluding hydrogens is 749 g/mol. The van der Waals surface area contributed by atoms with Crippen LogP contribution < -0.4 is 0 Å². The number of nitrogens with one attached hydrogen (secondary N) is 2. The Bertz CT molecular complexity index is 2980. The zero-order chi connectivity index (χ0) is 42.0. The Kier molecular flexibility index (Phi) is 9.20. The number of nitro benzene ring substituents is 2. The van der Waals surface area contributed by atoms with Gasteiger partial charge in [0, 0.05) is 56.5 Å². The molecule has 0 unspecified atom stereocenters. The molecule has 0 saturated heterocycles. The fourth-order valence-electron chi connectivity index (χ4n) is 9.14. The van der Waals surface area contributed by atoms with Gasteiger partial charge < -0.3 is 9.97 Å². The van der Waals surface area contributed by atoms with Crippen LogP contribution in [0.5, 0.6) is 0 Å². The number of nitro groups is 2. The van der Waals surface area contributed by atoms with Crippen LogP contribution in [0.1, 0.15) is 56.2 Å². The summed E-state index contributed by atoms with van der Waals surface area (Å²) in [5, 5.41) is 25.3. The third-order valence-corrected chi connectivity index (χ3v) is 11.3. The van der Waals surface area contributed by atoms with E-state index in [-0.39, 0.29) is 21.2 Å². The van der Waals surface area contributed by atoms with E-state index in [9.17, 15) is 20.2 Å². The van der Waals surface area contributed by atoms with Crippen molar-refractivity contribution in [2.45, 2.75) is 41.5 Å². The Labute approximate surface area is 346 Å². The zero-order valence-corrected chi connectivity index (χ0v) is 34.0. The summed E-state index contributed by atoms with van der Waals surface area (Å²) < 4.78 is 0. The average Bonchev–Trinajstić information content (AvgIpc) is 4.04. The lowest BCUT2D eigenvalue weighted by atomic mass is 9.92. The number of H-pyrrole nitrogens is 2. The molecule has 60 heavy (non-hydrogen) atoms. The summed E-state index contributed by atoms with van der Waals surface area (Å²) in [5.74, 6) is 0. The van der Waals surface area contributed by atoms with Crippen molar-refractivity contribution in [1.82, 2.24) is 19.9 Å². The van der Waals surface area contributed by atoms with Crippen molar-refractivity contribution >= 4 is 57.7 Å². The quantitative estimate of drug-likeness (QED) is 0.127. The molecule has 0 spiro atoms. The second-order valence-corrected chi connectivity index (χ2v) is 15.6. The number of aryl methyl sites for hydroxylation is 6.